The molecule has 0 unspecified atom stereocenters. The number of halogens is 1. The van der Waals surface area contributed by atoms with Gasteiger partial charge in [0.05, 0.1) is 18.6 Å². The number of carbonyl (C=O) groups is 2. The van der Waals surface area contributed by atoms with E-state index in [2.05, 4.69) is 5.32 Å². The summed E-state index contributed by atoms with van der Waals surface area (Å²) in [6, 6.07) is 4.70. The Morgan fingerprint density at radius 3 is 2.75 bits per heavy atom. The molecular weight excluding hydrogens is 282 g/mol. The van der Waals surface area contributed by atoms with Gasteiger partial charge in [0.1, 0.15) is 5.75 Å². The first-order chi connectivity index (χ1) is 9.51. The Morgan fingerprint density at radius 1 is 1.40 bits per heavy atom. The monoisotopic (exact) mass is 297 g/mol. The van der Waals surface area contributed by atoms with Crippen molar-refractivity contribution in [3.05, 3.63) is 28.8 Å². The number of aliphatic carboxylic acids is 1. The van der Waals surface area contributed by atoms with Gasteiger partial charge >= 0.3 is 5.97 Å². The third-order valence-electron chi connectivity index (χ3n) is 3.52. The van der Waals surface area contributed by atoms with Crippen molar-refractivity contribution in [3.8, 4) is 5.75 Å². The molecule has 0 heterocycles. The molecule has 1 saturated carbocycles. The molecule has 2 atom stereocenters. The van der Waals surface area contributed by atoms with Crippen LogP contribution in [0, 0.1) is 5.92 Å². The molecule has 1 aromatic carbocycles. The highest BCUT2D eigenvalue weighted by molar-refractivity contribution is 6.31. The number of ether oxygens (including phenoxy) is 1. The lowest BCUT2D eigenvalue weighted by molar-refractivity contribution is -0.141. The van der Waals surface area contributed by atoms with Crippen molar-refractivity contribution >= 4 is 23.5 Å². The Kier molecular flexibility index (Phi) is 4.49. The molecule has 0 spiro atoms. The highest BCUT2D eigenvalue weighted by atomic mass is 35.5. The largest absolute Gasteiger partial charge is 0.496 e. The fourth-order valence-electron chi connectivity index (χ4n) is 2.46. The molecule has 1 amide bonds. The summed E-state index contributed by atoms with van der Waals surface area (Å²) in [6.07, 6.45) is 1.72. The molecule has 6 heteroatoms. The SMILES string of the molecule is COc1ccc(Cl)cc1C(=O)N[C@@H]1CC[C@H](C(=O)O)C1. The van der Waals surface area contributed by atoms with Crippen LogP contribution in [0.25, 0.3) is 0 Å². The predicted molar refractivity (Wildman–Crippen MR) is 74.2 cm³/mol. The number of nitrogens with one attached hydrogen (secondary N) is 1. The number of carbonyl (C=O) groups excluding carboxylic acids is 1. The Bertz CT molecular complexity index is 532. The van der Waals surface area contributed by atoms with E-state index in [9.17, 15) is 9.59 Å². The van der Waals surface area contributed by atoms with Gasteiger partial charge in [0.2, 0.25) is 0 Å². The lowest BCUT2D eigenvalue weighted by Gasteiger charge is -2.14. The van der Waals surface area contributed by atoms with Crippen molar-refractivity contribution in [1.82, 2.24) is 5.32 Å². The summed E-state index contributed by atoms with van der Waals surface area (Å²) in [6.45, 7) is 0. The van der Waals surface area contributed by atoms with Crippen LogP contribution < -0.4 is 10.1 Å². The van der Waals surface area contributed by atoms with E-state index in [-0.39, 0.29) is 17.9 Å². The third kappa shape index (κ3) is 3.22. The molecule has 1 fully saturated rings. The van der Waals surface area contributed by atoms with Gasteiger partial charge in [-0.15, -0.1) is 0 Å². The summed E-state index contributed by atoms with van der Waals surface area (Å²) in [5, 5.41) is 12.2. The molecular formula is C14H16ClNO4. The maximum atomic E-state index is 12.2. The van der Waals surface area contributed by atoms with Crippen LogP contribution in [0.4, 0.5) is 0 Å². The van der Waals surface area contributed by atoms with Crippen molar-refractivity contribution in [3.63, 3.8) is 0 Å². The molecule has 1 aliphatic carbocycles. The van der Waals surface area contributed by atoms with Gasteiger partial charge in [-0.2, -0.15) is 0 Å². The van der Waals surface area contributed by atoms with Crippen molar-refractivity contribution < 1.29 is 19.4 Å². The number of carboxylic acids is 1. The Balaban J connectivity index is 2.06. The van der Waals surface area contributed by atoms with Gasteiger partial charge in [0.15, 0.2) is 0 Å². The summed E-state index contributed by atoms with van der Waals surface area (Å²) in [7, 11) is 1.48. The Hall–Kier alpha value is -1.75. The fraction of sp³-hybridized carbons (Fsp3) is 0.429. The minimum Gasteiger partial charge on any atom is -0.496 e. The van der Waals surface area contributed by atoms with E-state index in [1.54, 1.807) is 18.2 Å². The summed E-state index contributed by atoms with van der Waals surface area (Å²) >= 11 is 5.89. The third-order valence-corrected chi connectivity index (χ3v) is 3.76. The molecule has 2 rings (SSSR count). The van der Waals surface area contributed by atoms with Crippen LogP contribution in [0.3, 0.4) is 0 Å². The number of benzene rings is 1. The normalized spacial score (nSPS) is 21.5. The molecule has 1 aromatic rings. The summed E-state index contributed by atoms with van der Waals surface area (Å²) in [4.78, 5) is 23.1. The zero-order chi connectivity index (χ0) is 14.7. The second-order valence-corrected chi connectivity index (χ2v) is 5.30. The summed E-state index contributed by atoms with van der Waals surface area (Å²) in [5.74, 6) is -1.02. The molecule has 2 N–H and O–H groups in total. The standard InChI is InChI=1S/C14H16ClNO4/c1-20-12-5-3-9(15)7-11(12)13(17)16-10-4-2-8(6-10)14(18)19/h3,5,7-8,10H,2,4,6H2,1H3,(H,16,17)(H,18,19)/t8-,10+/m0/s1. The Morgan fingerprint density at radius 2 is 2.15 bits per heavy atom. The highest BCUT2D eigenvalue weighted by Gasteiger charge is 2.31. The first-order valence-electron chi connectivity index (χ1n) is 6.38. The second-order valence-electron chi connectivity index (χ2n) is 4.86. The quantitative estimate of drug-likeness (QED) is 0.894. The average Bonchev–Trinajstić information content (AvgIpc) is 2.87. The highest BCUT2D eigenvalue weighted by Crippen LogP contribution is 2.27. The molecule has 108 valence electrons. The first-order valence-corrected chi connectivity index (χ1v) is 6.76. The molecule has 0 saturated heterocycles. The van der Waals surface area contributed by atoms with Crippen LogP contribution in [-0.4, -0.2) is 30.1 Å². The fourth-order valence-corrected chi connectivity index (χ4v) is 2.63. The minimum atomic E-state index is -0.804. The van der Waals surface area contributed by atoms with Crippen molar-refractivity contribution in [2.45, 2.75) is 25.3 Å². The summed E-state index contributed by atoms with van der Waals surface area (Å²) < 4.78 is 5.13. The van der Waals surface area contributed by atoms with E-state index >= 15 is 0 Å². The average molecular weight is 298 g/mol. The lowest BCUT2D eigenvalue weighted by Crippen LogP contribution is -2.33. The van der Waals surface area contributed by atoms with Gasteiger partial charge in [-0.3, -0.25) is 9.59 Å². The van der Waals surface area contributed by atoms with Crippen LogP contribution in [-0.2, 0) is 4.79 Å². The van der Waals surface area contributed by atoms with E-state index in [4.69, 9.17) is 21.4 Å². The van der Waals surface area contributed by atoms with E-state index in [0.29, 0.717) is 35.6 Å². The number of methoxy groups -OCH3 is 1. The van der Waals surface area contributed by atoms with Crippen molar-refractivity contribution in [2.24, 2.45) is 5.92 Å². The number of carboxylic acid groups (broad SMARTS) is 1. The molecule has 1 aliphatic rings. The van der Waals surface area contributed by atoms with Gasteiger partial charge < -0.3 is 15.2 Å². The van der Waals surface area contributed by atoms with Crippen molar-refractivity contribution in [1.29, 1.82) is 0 Å². The van der Waals surface area contributed by atoms with E-state index in [1.165, 1.54) is 7.11 Å². The Labute approximate surface area is 121 Å². The number of hydrogen-bond acceptors (Lipinski definition) is 3. The molecule has 20 heavy (non-hydrogen) atoms. The van der Waals surface area contributed by atoms with E-state index in [1.807, 2.05) is 0 Å². The van der Waals surface area contributed by atoms with Crippen LogP contribution in [0.2, 0.25) is 5.02 Å². The van der Waals surface area contributed by atoms with Gasteiger partial charge in [-0.1, -0.05) is 11.6 Å². The first kappa shape index (κ1) is 14.7. The van der Waals surface area contributed by atoms with E-state index in [0.717, 1.165) is 0 Å². The maximum absolute atomic E-state index is 12.2. The van der Waals surface area contributed by atoms with Crippen molar-refractivity contribution in [2.75, 3.05) is 7.11 Å². The lowest BCUT2D eigenvalue weighted by atomic mass is 10.1. The van der Waals surface area contributed by atoms with Crippen LogP contribution in [0.1, 0.15) is 29.6 Å². The van der Waals surface area contributed by atoms with Gasteiger partial charge in [0.25, 0.3) is 5.91 Å². The van der Waals surface area contributed by atoms with Crippen LogP contribution in [0.15, 0.2) is 18.2 Å². The minimum absolute atomic E-state index is 0.118. The molecule has 0 bridgehead atoms. The van der Waals surface area contributed by atoms with Gasteiger partial charge in [-0.05, 0) is 37.5 Å². The molecule has 0 radical (unpaired) electrons. The molecule has 5 nitrogen and oxygen atoms in total. The number of rotatable bonds is 4. The number of amides is 1. The zero-order valence-corrected chi connectivity index (χ0v) is 11.8. The maximum Gasteiger partial charge on any atom is 0.306 e. The zero-order valence-electron chi connectivity index (χ0n) is 11.1. The predicted octanol–water partition coefficient (Wildman–Crippen LogP) is 2.33. The second kappa shape index (κ2) is 6.13. The van der Waals surface area contributed by atoms with Crippen LogP contribution in [0.5, 0.6) is 5.75 Å². The summed E-state index contributed by atoms with van der Waals surface area (Å²) in [5.41, 5.74) is 0.360. The molecule has 0 aliphatic heterocycles. The smallest absolute Gasteiger partial charge is 0.306 e. The van der Waals surface area contributed by atoms with Gasteiger partial charge in [0, 0.05) is 11.1 Å². The van der Waals surface area contributed by atoms with Gasteiger partial charge in [-0.25, -0.2) is 0 Å². The van der Waals surface area contributed by atoms with Crippen LogP contribution >= 0.6 is 11.6 Å². The van der Waals surface area contributed by atoms with E-state index < -0.39 is 5.97 Å². The topological polar surface area (TPSA) is 75.6 Å². The number of hydrogen-bond donors (Lipinski definition) is 2. The molecule has 0 aromatic heterocycles.